The van der Waals surface area contributed by atoms with Crippen molar-refractivity contribution in [2.75, 3.05) is 18.4 Å². The van der Waals surface area contributed by atoms with Crippen LogP contribution in [0.3, 0.4) is 0 Å². The van der Waals surface area contributed by atoms with Crippen LogP contribution in [0.15, 0.2) is 35.7 Å². The molecule has 1 aromatic heterocycles. The number of urea groups is 1. The van der Waals surface area contributed by atoms with Crippen molar-refractivity contribution in [3.8, 4) is 0 Å². The number of halogens is 6. The van der Waals surface area contributed by atoms with Gasteiger partial charge < -0.3 is 15.5 Å². The molecule has 1 unspecified atom stereocenters. The van der Waals surface area contributed by atoms with Crippen LogP contribution >= 0.6 is 11.3 Å². The summed E-state index contributed by atoms with van der Waals surface area (Å²) in [5.41, 5.74) is -3.63. The van der Waals surface area contributed by atoms with Crippen molar-refractivity contribution >= 4 is 29.0 Å². The van der Waals surface area contributed by atoms with Gasteiger partial charge in [0.1, 0.15) is 0 Å². The Hall–Kier alpha value is -2.76. The van der Waals surface area contributed by atoms with Crippen LogP contribution in [0, 0.1) is 5.92 Å². The molecule has 2 aromatic rings. The lowest BCUT2D eigenvalue weighted by atomic mass is 9.97. The van der Waals surface area contributed by atoms with E-state index in [2.05, 4.69) is 10.6 Å². The molecule has 3 amide bonds. The van der Waals surface area contributed by atoms with Gasteiger partial charge in [0.15, 0.2) is 0 Å². The van der Waals surface area contributed by atoms with Gasteiger partial charge in [-0.3, -0.25) is 4.79 Å². The van der Waals surface area contributed by atoms with Gasteiger partial charge in [-0.15, -0.1) is 11.3 Å². The number of rotatable bonds is 4. The number of carbonyl (C=O) groups excluding carboxylic acids is 2. The zero-order valence-electron chi connectivity index (χ0n) is 16.5. The van der Waals surface area contributed by atoms with E-state index in [1.54, 1.807) is 0 Å². The summed E-state index contributed by atoms with van der Waals surface area (Å²) in [6, 6.07) is 4.21. The van der Waals surface area contributed by atoms with Crippen molar-refractivity contribution in [3.63, 3.8) is 0 Å². The molecule has 1 aromatic carbocycles. The van der Waals surface area contributed by atoms with E-state index in [0.29, 0.717) is 38.1 Å². The maximum absolute atomic E-state index is 13.0. The summed E-state index contributed by atoms with van der Waals surface area (Å²) in [5, 5.41) is 6.74. The Morgan fingerprint density at radius 1 is 1.06 bits per heavy atom. The second-order valence-electron chi connectivity index (χ2n) is 7.31. The number of hydrogen-bond donors (Lipinski definition) is 2. The van der Waals surface area contributed by atoms with E-state index in [1.165, 1.54) is 16.2 Å². The minimum atomic E-state index is -5.01. The third-order valence-corrected chi connectivity index (χ3v) is 5.80. The van der Waals surface area contributed by atoms with E-state index in [1.807, 2.05) is 17.5 Å². The fourth-order valence-corrected chi connectivity index (χ4v) is 3.98. The minimum Gasteiger partial charge on any atom is -0.333 e. The van der Waals surface area contributed by atoms with Gasteiger partial charge in [0.2, 0.25) is 5.91 Å². The molecule has 2 N–H and O–H groups in total. The molecule has 174 valence electrons. The molecule has 1 saturated heterocycles. The summed E-state index contributed by atoms with van der Waals surface area (Å²) in [5.74, 6) is -1.51. The number of hydrogen-bond acceptors (Lipinski definition) is 3. The lowest BCUT2D eigenvalue weighted by Crippen LogP contribution is -2.47. The van der Waals surface area contributed by atoms with E-state index in [0.717, 1.165) is 4.88 Å². The Morgan fingerprint density at radius 2 is 1.72 bits per heavy atom. The molecule has 1 aliphatic heterocycles. The molecule has 1 fully saturated rings. The molecule has 5 nitrogen and oxygen atoms in total. The Morgan fingerprint density at radius 3 is 2.28 bits per heavy atom. The Kier molecular flexibility index (Phi) is 7.01. The van der Waals surface area contributed by atoms with Crippen molar-refractivity contribution < 1.29 is 35.9 Å². The molecule has 0 radical (unpaired) electrons. The molecule has 3 rings (SSSR count). The van der Waals surface area contributed by atoms with Gasteiger partial charge in [-0.2, -0.15) is 26.3 Å². The molecule has 2 heterocycles. The molecular weight excluding hydrogens is 460 g/mol. The van der Waals surface area contributed by atoms with Crippen molar-refractivity contribution in [1.29, 1.82) is 0 Å². The monoisotopic (exact) mass is 479 g/mol. The van der Waals surface area contributed by atoms with Gasteiger partial charge in [-0.25, -0.2) is 4.79 Å². The predicted molar refractivity (Wildman–Crippen MR) is 106 cm³/mol. The summed E-state index contributed by atoms with van der Waals surface area (Å²) >= 11 is 1.47. The molecule has 12 heteroatoms. The van der Waals surface area contributed by atoms with E-state index in [9.17, 15) is 35.9 Å². The van der Waals surface area contributed by atoms with Crippen LogP contribution in [0.1, 0.15) is 28.8 Å². The normalized spacial score (nSPS) is 17.2. The van der Waals surface area contributed by atoms with Crippen LogP contribution in [0.5, 0.6) is 0 Å². The topological polar surface area (TPSA) is 61.4 Å². The molecule has 32 heavy (non-hydrogen) atoms. The summed E-state index contributed by atoms with van der Waals surface area (Å²) in [7, 11) is 0. The summed E-state index contributed by atoms with van der Waals surface area (Å²) in [4.78, 5) is 27.3. The number of likely N-dealkylation sites (tertiary alicyclic amines) is 1. The average Bonchev–Trinajstić information content (AvgIpc) is 3.24. The highest BCUT2D eigenvalue weighted by Gasteiger charge is 2.37. The molecule has 0 aliphatic carbocycles. The van der Waals surface area contributed by atoms with Gasteiger partial charge in [-0.1, -0.05) is 6.07 Å². The Bertz CT molecular complexity index is 927. The van der Waals surface area contributed by atoms with Gasteiger partial charge in [-0.05, 0) is 42.5 Å². The quantitative estimate of drug-likeness (QED) is 0.581. The Labute approximate surface area is 183 Å². The smallest absolute Gasteiger partial charge is 0.333 e. The number of amides is 3. The van der Waals surface area contributed by atoms with Crippen LogP contribution in [-0.2, 0) is 23.7 Å². The first-order valence-corrected chi connectivity index (χ1v) is 10.5. The van der Waals surface area contributed by atoms with Crippen molar-refractivity contribution in [2.45, 2.75) is 31.7 Å². The highest BCUT2D eigenvalue weighted by Crippen LogP contribution is 2.37. The van der Waals surface area contributed by atoms with E-state index in [-0.39, 0.29) is 12.6 Å². The van der Waals surface area contributed by atoms with Crippen LogP contribution in [-0.4, -0.2) is 29.9 Å². The Balaban J connectivity index is 1.67. The SMILES string of the molecule is O=C(Nc1cc(C(F)(F)F)cc(C(F)(F)F)c1)C1CCCN(C(=O)NCc2cccs2)C1. The highest BCUT2D eigenvalue weighted by atomic mass is 32.1. The van der Waals surface area contributed by atoms with Crippen molar-refractivity contribution in [3.05, 3.63) is 51.7 Å². The summed E-state index contributed by atoms with van der Waals surface area (Å²) in [6.45, 7) is 0.712. The first-order valence-electron chi connectivity index (χ1n) is 9.59. The zero-order chi connectivity index (χ0) is 23.5. The predicted octanol–water partition coefficient (Wildman–Crippen LogP) is 5.35. The van der Waals surface area contributed by atoms with Crippen LogP contribution in [0.25, 0.3) is 0 Å². The van der Waals surface area contributed by atoms with Crippen molar-refractivity contribution in [1.82, 2.24) is 10.2 Å². The first kappa shape index (κ1) is 23.9. The van der Waals surface area contributed by atoms with E-state index < -0.39 is 47.0 Å². The zero-order valence-corrected chi connectivity index (χ0v) is 17.3. The van der Waals surface area contributed by atoms with Crippen molar-refractivity contribution in [2.24, 2.45) is 5.92 Å². The third kappa shape index (κ3) is 6.15. The molecule has 0 saturated carbocycles. The number of carbonyl (C=O) groups is 2. The number of nitrogens with zero attached hydrogens (tertiary/aromatic N) is 1. The van der Waals surface area contributed by atoms with Crippen LogP contribution in [0.2, 0.25) is 0 Å². The maximum Gasteiger partial charge on any atom is 0.416 e. The van der Waals surface area contributed by atoms with E-state index in [4.69, 9.17) is 0 Å². The molecule has 1 aliphatic rings. The van der Waals surface area contributed by atoms with Gasteiger partial charge in [0.25, 0.3) is 0 Å². The lowest BCUT2D eigenvalue weighted by molar-refractivity contribution is -0.143. The lowest BCUT2D eigenvalue weighted by Gasteiger charge is -2.32. The molecular formula is C20H19F6N3O2S. The van der Waals surface area contributed by atoms with Crippen LogP contribution < -0.4 is 10.6 Å². The largest absolute Gasteiger partial charge is 0.416 e. The standard InChI is InChI=1S/C20H19F6N3O2S/c21-19(22,23)13-7-14(20(24,25)26)9-15(8-13)28-17(30)12-3-1-5-29(11-12)18(31)27-10-16-4-2-6-32-16/h2,4,6-9,12H,1,3,5,10-11H2,(H,27,31)(H,28,30). The number of nitrogens with one attached hydrogen (secondary N) is 2. The molecule has 0 bridgehead atoms. The molecule has 0 spiro atoms. The molecule has 1 atom stereocenters. The highest BCUT2D eigenvalue weighted by molar-refractivity contribution is 7.09. The number of piperidine rings is 1. The first-order chi connectivity index (χ1) is 14.9. The van der Waals surface area contributed by atoms with E-state index >= 15 is 0 Å². The van der Waals surface area contributed by atoms with Gasteiger partial charge >= 0.3 is 18.4 Å². The number of benzene rings is 1. The number of anilines is 1. The second kappa shape index (κ2) is 9.39. The van der Waals surface area contributed by atoms with Crippen LogP contribution in [0.4, 0.5) is 36.8 Å². The fourth-order valence-electron chi connectivity index (χ4n) is 3.33. The fraction of sp³-hybridized carbons (Fsp3) is 0.400. The summed E-state index contributed by atoms with van der Waals surface area (Å²) in [6.07, 6.45) is -9.20. The maximum atomic E-state index is 13.0. The number of alkyl halides is 6. The second-order valence-corrected chi connectivity index (χ2v) is 8.34. The summed E-state index contributed by atoms with van der Waals surface area (Å²) < 4.78 is 78.1. The number of thiophene rings is 1. The van der Waals surface area contributed by atoms with Gasteiger partial charge in [0, 0.05) is 23.7 Å². The van der Waals surface area contributed by atoms with Gasteiger partial charge in [0.05, 0.1) is 23.6 Å². The minimum absolute atomic E-state index is 0.00404. The third-order valence-electron chi connectivity index (χ3n) is 4.93. The average molecular weight is 479 g/mol.